The number of benzene rings is 3. The van der Waals surface area contributed by atoms with Crippen molar-refractivity contribution in [2.24, 2.45) is 5.92 Å². The quantitative estimate of drug-likeness (QED) is 0.523. The van der Waals surface area contributed by atoms with Crippen molar-refractivity contribution >= 4 is 33.2 Å². The van der Waals surface area contributed by atoms with E-state index < -0.39 is 27.8 Å². The Labute approximate surface area is 193 Å². The molecule has 2 N–H and O–H groups in total. The van der Waals surface area contributed by atoms with Crippen molar-refractivity contribution in [3.8, 4) is 0 Å². The van der Waals surface area contributed by atoms with Crippen molar-refractivity contribution in [2.45, 2.75) is 24.8 Å². The molecule has 33 heavy (non-hydrogen) atoms. The van der Waals surface area contributed by atoms with Crippen LogP contribution >= 0.6 is 0 Å². The maximum atomic E-state index is 13.7. The number of anilines is 2. The van der Waals surface area contributed by atoms with E-state index in [9.17, 15) is 18.0 Å². The maximum Gasteiger partial charge on any atom is 0.243 e. The predicted octanol–water partition coefficient (Wildman–Crippen LogP) is 3.65. The Kier molecular flexibility index (Phi) is 6.57. The van der Waals surface area contributed by atoms with Crippen molar-refractivity contribution in [1.29, 1.82) is 0 Å². The van der Waals surface area contributed by atoms with Crippen molar-refractivity contribution in [3.63, 3.8) is 0 Å². The number of amides is 2. The summed E-state index contributed by atoms with van der Waals surface area (Å²) >= 11 is 0. The smallest absolute Gasteiger partial charge is 0.243 e. The normalized spacial score (nSPS) is 16.0. The number of carbonyl (C=O) groups excluding carboxylic acids is 2. The first-order chi connectivity index (χ1) is 15.8. The third-order valence-corrected chi connectivity index (χ3v) is 7.47. The fourth-order valence-electron chi connectivity index (χ4n) is 3.62. The number of fused-ring (bicyclic) bond motifs is 1. The Morgan fingerprint density at radius 2 is 1.36 bits per heavy atom. The van der Waals surface area contributed by atoms with Gasteiger partial charge < -0.3 is 10.6 Å². The van der Waals surface area contributed by atoms with Gasteiger partial charge in [0.25, 0.3) is 0 Å². The molecule has 3 aromatic rings. The van der Waals surface area contributed by atoms with E-state index in [1.165, 1.54) is 29.4 Å². The van der Waals surface area contributed by atoms with E-state index in [0.717, 1.165) is 11.1 Å². The minimum atomic E-state index is -3.89. The number of hydrogen-bond donors (Lipinski definition) is 2. The van der Waals surface area contributed by atoms with Gasteiger partial charge in [-0.25, -0.2) is 8.42 Å². The predicted molar refractivity (Wildman–Crippen MR) is 127 cm³/mol. The highest BCUT2D eigenvalue weighted by atomic mass is 32.2. The second-order valence-corrected chi connectivity index (χ2v) is 9.91. The third kappa shape index (κ3) is 5.13. The van der Waals surface area contributed by atoms with Gasteiger partial charge in [-0.3, -0.25) is 9.59 Å². The van der Waals surface area contributed by atoms with E-state index >= 15 is 0 Å². The van der Waals surface area contributed by atoms with E-state index in [2.05, 4.69) is 10.6 Å². The fourth-order valence-corrected chi connectivity index (χ4v) is 5.07. The average molecular weight is 464 g/mol. The Hall–Kier alpha value is -3.49. The molecule has 0 fully saturated rings. The molecule has 0 saturated carbocycles. The van der Waals surface area contributed by atoms with Crippen LogP contribution in [0.25, 0.3) is 0 Å². The summed E-state index contributed by atoms with van der Waals surface area (Å²) in [7, 11) is -3.89. The lowest BCUT2D eigenvalue weighted by Gasteiger charge is -2.23. The van der Waals surface area contributed by atoms with E-state index in [-0.39, 0.29) is 17.1 Å². The van der Waals surface area contributed by atoms with Crippen molar-refractivity contribution in [3.05, 3.63) is 90.0 Å². The monoisotopic (exact) mass is 463 g/mol. The van der Waals surface area contributed by atoms with Gasteiger partial charge in [-0.15, -0.1) is 0 Å². The van der Waals surface area contributed by atoms with Gasteiger partial charge in [0.05, 0.1) is 16.3 Å². The summed E-state index contributed by atoms with van der Waals surface area (Å²) in [6, 6.07) is 23.5. The highest BCUT2D eigenvalue weighted by Crippen LogP contribution is 2.30. The van der Waals surface area contributed by atoms with Crippen LogP contribution in [-0.2, 0) is 32.6 Å². The van der Waals surface area contributed by atoms with Crippen LogP contribution in [0.4, 0.5) is 11.4 Å². The number of rotatable bonds is 7. The molecule has 1 aliphatic rings. The molecule has 1 atom stereocenters. The molecular formula is C25H25N3O4S. The number of carbonyl (C=O) groups is 2. The second-order valence-electron chi connectivity index (χ2n) is 7.97. The standard InChI is InChI=1S/C25H25N3O4S/c1-18-24(29)26-22-13-12-21(16-23(22)27-25(18)30)33(31,32)28(17-20-10-6-3-7-11-20)15-14-19-8-4-2-5-9-19/h2-13,16,18H,14-15,17H2,1H3,(H,26,29)(H,27,30)/t18-/m0/s1. The topological polar surface area (TPSA) is 95.6 Å². The number of sulfonamides is 1. The summed E-state index contributed by atoms with van der Waals surface area (Å²) in [6.07, 6.45) is 0.558. The Morgan fingerprint density at radius 1 is 0.788 bits per heavy atom. The summed E-state index contributed by atoms with van der Waals surface area (Å²) in [6.45, 7) is 2.01. The maximum absolute atomic E-state index is 13.7. The van der Waals surface area contributed by atoms with Gasteiger partial charge in [0.15, 0.2) is 0 Å². The summed E-state index contributed by atoms with van der Waals surface area (Å²) in [5.41, 5.74) is 2.55. The van der Waals surface area contributed by atoms with Gasteiger partial charge in [-0.2, -0.15) is 4.31 Å². The molecule has 0 spiro atoms. The zero-order valence-electron chi connectivity index (χ0n) is 18.2. The Balaban J connectivity index is 1.66. The van der Waals surface area contributed by atoms with Crippen LogP contribution in [0.5, 0.6) is 0 Å². The molecule has 1 heterocycles. The summed E-state index contributed by atoms with van der Waals surface area (Å²) in [4.78, 5) is 24.4. The van der Waals surface area contributed by atoms with Crippen LogP contribution in [0, 0.1) is 5.92 Å². The van der Waals surface area contributed by atoms with Gasteiger partial charge in [0, 0.05) is 13.1 Å². The Bertz CT molecular complexity index is 1260. The van der Waals surface area contributed by atoms with Crippen molar-refractivity contribution in [2.75, 3.05) is 17.2 Å². The molecule has 0 unspecified atom stereocenters. The molecule has 0 aliphatic carbocycles. The molecule has 8 heteroatoms. The summed E-state index contributed by atoms with van der Waals surface area (Å²) in [5.74, 6) is -1.79. The zero-order valence-corrected chi connectivity index (χ0v) is 19.0. The zero-order chi connectivity index (χ0) is 23.4. The number of nitrogens with one attached hydrogen (secondary N) is 2. The minimum Gasteiger partial charge on any atom is -0.324 e. The first-order valence-electron chi connectivity index (χ1n) is 10.7. The minimum absolute atomic E-state index is 0.0503. The van der Waals surface area contributed by atoms with Gasteiger partial charge in [0.2, 0.25) is 21.8 Å². The van der Waals surface area contributed by atoms with Gasteiger partial charge in [-0.1, -0.05) is 60.7 Å². The first-order valence-corrected chi connectivity index (χ1v) is 12.1. The van der Waals surface area contributed by atoms with Gasteiger partial charge in [-0.05, 0) is 42.7 Å². The molecule has 0 aromatic heterocycles. The summed E-state index contributed by atoms with van der Waals surface area (Å²) in [5, 5.41) is 5.32. The molecule has 0 radical (unpaired) electrons. The lowest BCUT2D eigenvalue weighted by atomic mass is 10.1. The average Bonchev–Trinajstić information content (AvgIpc) is 2.93. The molecule has 0 saturated heterocycles. The van der Waals surface area contributed by atoms with Crippen molar-refractivity contribution < 1.29 is 18.0 Å². The number of nitrogens with zero attached hydrogens (tertiary/aromatic N) is 1. The first kappa shape index (κ1) is 22.7. The van der Waals surface area contributed by atoms with Crippen LogP contribution in [0.1, 0.15) is 18.1 Å². The van der Waals surface area contributed by atoms with Gasteiger partial charge in [0.1, 0.15) is 5.92 Å². The summed E-state index contributed by atoms with van der Waals surface area (Å²) < 4.78 is 28.8. The van der Waals surface area contributed by atoms with Crippen LogP contribution in [0.2, 0.25) is 0 Å². The van der Waals surface area contributed by atoms with Crippen LogP contribution in [-0.4, -0.2) is 31.1 Å². The second kappa shape index (κ2) is 9.56. The molecule has 4 rings (SSSR count). The highest BCUT2D eigenvalue weighted by molar-refractivity contribution is 7.89. The molecule has 7 nitrogen and oxygen atoms in total. The largest absolute Gasteiger partial charge is 0.324 e. The molecule has 170 valence electrons. The molecule has 0 bridgehead atoms. The van der Waals surface area contributed by atoms with Crippen LogP contribution in [0.15, 0.2) is 83.8 Å². The van der Waals surface area contributed by atoms with E-state index in [4.69, 9.17) is 0 Å². The van der Waals surface area contributed by atoms with Crippen LogP contribution < -0.4 is 10.6 Å². The SMILES string of the molecule is C[C@H]1C(=O)Nc2ccc(S(=O)(=O)N(CCc3ccccc3)Cc3ccccc3)cc2NC1=O. The highest BCUT2D eigenvalue weighted by Gasteiger charge is 2.30. The van der Waals surface area contributed by atoms with E-state index in [1.54, 1.807) is 0 Å². The molecular weight excluding hydrogens is 438 g/mol. The van der Waals surface area contributed by atoms with Gasteiger partial charge >= 0.3 is 0 Å². The van der Waals surface area contributed by atoms with Crippen LogP contribution in [0.3, 0.4) is 0 Å². The van der Waals surface area contributed by atoms with E-state index in [1.807, 2.05) is 60.7 Å². The Morgan fingerprint density at radius 3 is 2.00 bits per heavy atom. The molecule has 1 aliphatic heterocycles. The lowest BCUT2D eigenvalue weighted by molar-refractivity contribution is -0.128. The van der Waals surface area contributed by atoms with Crippen molar-refractivity contribution in [1.82, 2.24) is 4.31 Å². The van der Waals surface area contributed by atoms with E-state index in [0.29, 0.717) is 18.7 Å². The number of hydrogen-bond acceptors (Lipinski definition) is 4. The fraction of sp³-hybridized carbons (Fsp3) is 0.200. The lowest BCUT2D eigenvalue weighted by Crippen LogP contribution is -2.32. The third-order valence-electron chi connectivity index (χ3n) is 5.63. The molecule has 3 aromatic carbocycles. The molecule has 2 amide bonds.